The number of rotatable bonds is 3. The zero-order valence-electron chi connectivity index (χ0n) is 14.0. The van der Waals surface area contributed by atoms with Crippen LogP contribution in [0.25, 0.3) is 11.0 Å². The SMILES string of the molecule is Cc1cccc(S(=O)(=O)n2cc(N3CCNCC3)c3ncccc32)c1. The summed E-state index contributed by atoms with van der Waals surface area (Å²) in [5.41, 5.74) is 3.12. The number of hydrogen-bond acceptors (Lipinski definition) is 5. The van der Waals surface area contributed by atoms with Crippen molar-refractivity contribution in [1.82, 2.24) is 14.3 Å². The fraction of sp³-hybridized carbons (Fsp3) is 0.278. The highest BCUT2D eigenvalue weighted by Gasteiger charge is 2.24. The van der Waals surface area contributed by atoms with Crippen LogP contribution >= 0.6 is 0 Å². The Morgan fingerprint density at radius 1 is 1.12 bits per heavy atom. The largest absolute Gasteiger partial charge is 0.366 e. The number of fused-ring (bicyclic) bond motifs is 1. The summed E-state index contributed by atoms with van der Waals surface area (Å²) in [6.45, 7) is 5.31. The van der Waals surface area contributed by atoms with Crippen LogP contribution in [-0.4, -0.2) is 43.6 Å². The first-order valence-electron chi connectivity index (χ1n) is 8.31. The first-order chi connectivity index (χ1) is 12.1. The Kier molecular flexibility index (Phi) is 3.97. The summed E-state index contributed by atoms with van der Waals surface area (Å²) in [7, 11) is -3.67. The van der Waals surface area contributed by atoms with Crippen LogP contribution in [0.3, 0.4) is 0 Å². The number of pyridine rings is 1. The van der Waals surface area contributed by atoms with Crippen LogP contribution in [0, 0.1) is 6.92 Å². The highest BCUT2D eigenvalue weighted by atomic mass is 32.2. The molecule has 0 radical (unpaired) electrons. The summed E-state index contributed by atoms with van der Waals surface area (Å²) < 4.78 is 27.8. The predicted octanol–water partition coefficient (Wildman–Crippen LogP) is 1.99. The van der Waals surface area contributed by atoms with Gasteiger partial charge in [0.2, 0.25) is 0 Å². The second kappa shape index (κ2) is 6.16. The van der Waals surface area contributed by atoms with Crippen LogP contribution in [0.4, 0.5) is 5.69 Å². The van der Waals surface area contributed by atoms with Gasteiger partial charge >= 0.3 is 0 Å². The molecule has 1 fully saturated rings. The fourth-order valence-electron chi connectivity index (χ4n) is 3.24. The number of nitrogens with zero attached hydrogens (tertiary/aromatic N) is 3. The number of benzene rings is 1. The zero-order valence-corrected chi connectivity index (χ0v) is 14.8. The molecule has 1 aliphatic rings. The lowest BCUT2D eigenvalue weighted by atomic mass is 10.2. The smallest absolute Gasteiger partial charge is 0.268 e. The van der Waals surface area contributed by atoms with E-state index in [4.69, 9.17) is 0 Å². The van der Waals surface area contributed by atoms with Gasteiger partial charge in [-0.15, -0.1) is 0 Å². The van der Waals surface area contributed by atoms with E-state index in [2.05, 4.69) is 15.2 Å². The van der Waals surface area contributed by atoms with Gasteiger partial charge in [-0.2, -0.15) is 0 Å². The average Bonchev–Trinajstić information content (AvgIpc) is 3.03. The summed E-state index contributed by atoms with van der Waals surface area (Å²) in [5, 5.41) is 3.31. The molecule has 130 valence electrons. The first-order valence-corrected chi connectivity index (χ1v) is 9.75. The summed E-state index contributed by atoms with van der Waals surface area (Å²) >= 11 is 0. The summed E-state index contributed by atoms with van der Waals surface area (Å²) in [6.07, 6.45) is 3.41. The number of aryl methyl sites for hydroxylation is 1. The molecule has 0 saturated carbocycles. The molecule has 0 spiro atoms. The molecule has 4 rings (SSSR count). The highest BCUT2D eigenvalue weighted by Crippen LogP contribution is 2.30. The molecule has 3 heterocycles. The monoisotopic (exact) mass is 356 g/mol. The van der Waals surface area contributed by atoms with Crippen molar-refractivity contribution in [2.45, 2.75) is 11.8 Å². The Bertz CT molecular complexity index is 1020. The molecular formula is C18H20N4O2S. The van der Waals surface area contributed by atoms with Gasteiger partial charge < -0.3 is 10.2 Å². The van der Waals surface area contributed by atoms with Gasteiger partial charge in [-0.3, -0.25) is 4.98 Å². The molecule has 1 aliphatic heterocycles. The highest BCUT2D eigenvalue weighted by molar-refractivity contribution is 7.90. The van der Waals surface area contributed by atoms with Crippen LogP contribution in [0.2, 0.25) is 0 Å². The van der Waals surface area contributed by atoms with Crippen LogP contribution in [-0.2, 0) is 10.0 Å². The second-order valence-electron chi connectivity index (χ2n) is 6.24. The van der Waals surface area contributed by atoms with Crippen LogP contribution in [0.15, 0.2) is 53.7 Å². The van der Waals surface area contributed by atoms with E-state index in [1.165, 1.54) is 3.97 Å². The standard InChI is InChI=1S/C18H20N4O2S/c1-14-4-2-5-15(12-14)25(23,24)22-13-17(21-10-8-19-9-11-21)18-16(22)6-3-7-20-18/h2-7,12-13,19H,8-11H2,1H3. The minimum Gasteiger partial charge on any atom is -0.366 e. The van der Waals surface area contributed by atoms with Crippen molar-refractivity contribution < 1.29 is 8.42 Å². The lowest BCUT2D eigenvalue weighted by Crippen LogP contribution is -2.43. The molecule has 1 N–H and O–H groups in total. The Morgan fingerprint density at radius 2 is 1.92 bits per heavy atom. The maximum absolute atomic E-state index is 13.2. The predicted molar refractivity (Wildman–Crippen MR) is 98.6 cm³/mol. The third kappa shape index (κ3) is 2.79. The lowest BCUT2D eigenvalue weighted by Gasteiger charge is -2.28. The van der Waals surface area contributed by atoms with Gasteiger partial charge in [-0.25, -0.2) is 12.4 Å². The van der Waals surface area contributed by atoms with Crippen molar-refractivity contribution in [2.24, 2.45) is 0 Å². The van der Waals surface area contributed by atoms with Crippen molar-refractivity contribution in [3.8, 4) is 0 Å². The zero-order chi connectivity index (χ0) is 17.4. The molecule has 0 bridgehead atoms. The molecule has 25 heavy (non-hydrogen) atoms. The molecule has 2 aromatic heterocycles. The Balaban J connectivity index is 1.90. The van der Waals surface area contributed by atoms with E-state index < -0.39 is 10.0 Å². The van der Waals surface area contributed by atoms with Crippen LogP contribution < -0.4 is 10.2 Å². The Morgan fingerprint density at radius 3 is 2.68 bits per heavy atom. The Hall–Kier alpha value is -2.38. The van der Waals surface area contributed by atoms with E-state index >= 15 is 0 Å². The summed E-state index contributed by atoms with van der Waals surface area (Å²) in [4.78, 5) is 6.93. The van der Waals surface area contributed by atoms with Gasteiger partial charge in [0.15, 0.2) is 0 Å². The molecule has 7 heteroatoms. The number of anilines is 1. The van der Waals surface area contributed by atoms with Crippen LogP contribution in [0.1, 0.15) is 5.56 Å². The number of hydrogen-bond donors (Lipinski definition) is 1. The van der Waals surface area contributed by atoms with E-state index in [0.717, 1.165) is 42.9 Å². The normalized spacial score (nSPS) is 15.6. The third-order valence-corrected chi connectivity index (χ3v) is 6.18. The summed E-state index contributed by atoms with van der Waals surface area (Å²) in [6, 6.07) is 10.6. The van der Waals surface area contributed by atoms with Crippen molar-refractivity contribution >= 4 is 26.7 Å². The molecule has 3 aromatic rings. The average molecular weight is 356 g/mol. The lowest BCUT2D eigenvalue weighted by molar-refractivity contribution is 0.586. The maximum atomic E-state index is 13.2. The van der Waals surface area contributed by atoms with Crippen LogP contribution in [0.5, 0.6) is 0 Å². The van der Waals surface area contributed by atoms with Crippen molar-refractivity contribution in [3.05, 3.63) is 54.4 Å². The van der Waals surface area contributed by atoms with Crippen molar-refractivity contribution in [2.75, 3.05) is 31.1 Å². The van der Waals surface area contributed by atoms with Crippen molar-refractivity contribution in [1.29, 1.82) is 0 Å². The summed E-state index contributed by atoms with van der Waals surface area (Å²) in [5.74, 6) is 0. The molecule has 1 saturated heterocycles. The second-order valence-corrected chi connectivity index (χ2v) is 8.05. The third-order valence-electron chi connectivity index (χ3n) is 4.51. The van der Waals surface area contributed by atoms with Gasteiger partial charge in [0.05, 0.1) is 16.1 Å². The molecule has 6 nitrogen and oxygen atoms in total. The van der Waals surface area contributed by atoms with E-state index in [1.54, 1.807) is 42.7 Å². The van der Waals surface area contributed by atoms with E-state index in [1.807, 2.05) is 13.0 Å². The first kappa shape index (κ1) is 16.1. The minimum absolute atomic E-state index is 0.292. The van der Waals surface area contributed by atoms with Crippen molar-refractivity contribution in [3.63, 3.8) is 0 Å². The topological polar surface area (TPSA) is 67.2 Å². The number of piperazine rings is 1. The molecule has 0 amide bonds. The number of nitrogens with one attached hydrogen (secondary N) is 1. The minimum atomic E-state index is -3.67. The van der Waals surface area contributed by atoms with Gasteiger partial charge in [0.25, 0.3) is 10.0 Å². The van der Waals surface area contributed by atoms with Gasteiger partial charge in [-0.05, 0) is 36.8 Å². The molecule has 0 atom stereocenters. The van der Waals surface area contributed by atoms with Gasteiger partial charge in [0, 0.05) is 38.6 Å². The van der Waals surface area contributed by atoms with Gasteiger partial charge in [-0.1, -0.05) is 12.1 Å². The molecule has 0 unspecified atom stereocenters. The van der Waals surface area contributed by atoms with E-state index in [-0.39, 0.29) is 0 Å². The maximum Gasteiger partial charge on any atom is 0.268 e. The quantitative estimate of drug-likeness (QED) is 0.777. The number of aromatic nitrogens is 2. The Labute approximate surface area is 147 Å². The molecule has 1 aromatic carbocycles. The van der Waals surface area contributed by atoms with E-state index in [0.29, 0.717) is 10.4 Å². The fourth-order valence-corrected chi connectivity index (χ4v) is 4.70. The van der Waals surface area contributed by atoms with Gasteiger partial charge in [0.1, 0.15) is 5.52 Å². The molecular weight excluding hydrogens is 336 g/mol. The van der Waals surface area contributed by atoms with E-state index in [9.17, 15) is 8.42 Å². The molecule has 0 aliphatic carbocycles.